The minimum atomic E-state index is 0.0290. The molecule has 3 heterocycles. The Kier molecular flexibility index (Phi) is 4.89. The first-order valence-corrected chi connectivity index (χ1v) is 8.27. The molecule has 0 aromatic carbocycles. The first-order chi connectivity index (χ1) is 11.5. The van der Waals surface area contributed by atoms with Gasteiger partial charge in [0.25, 0.3) is 0 Å². The van der Waals surface area contributed by atoms with Gasteiger partial charge >= 0.3 is 0 Å². The lowest BCUT2D eigenvalue weighted by Crippen LogP contribution is -2.26. The fraction of sp³-hybridized carbons (Fsp3) is 0.529. The summed E-state index contributed by atoms with van der Waals surface area (Å²) in [5, 5.41) is 4.24. The second-order valence-corrected chi connectivity index (χ2v) is 6.46. The molecule has 7 nitrogen and oxygen atoms in total. The van der Waals surface area contributed by atoms with Gasteiger partial charge in [-0.25, -0.2) is 0 Å². The average Bonchev–Trinajstić information content (AvgIpc) is 3.17. The molecular weight excluding hydrogens is 304 g/mol. The summed E-state index contributed by atoms with van der Waals surface area (Å²) in [4.78, 5) is 24.6. The highest BCUT2D eigenvalue weighted by Crippen LogP contribution is 2.31. The highest BCUT2D eigenvalue weighted by Gasteiger charge is 2.27. The highest BCUT2D eigenvalue weighted by atomic mass is 16.2. The van der Waals surface area contributed by atoms with Crippen molar-refractivity contribution < 1.29 is 4.79 Å². The van der Waals surface area contributed by atoms with Crippen molar-refractivity contribution in [3.05, 3.63) is 41.7 Å². The van der Waals surface area contributed by atoms with Gasteiger partial charge in [-0.3, -0.25) is 24.3 Å². The molecule has 0 radical (unpaired) electrons. The number of aryl methyl sites for hydroxylation is 1. The van der Waals surface area contributed by atoms with Crippen LogP contribution in [-0.2, 0) is 24.9 Å². The van der Waals surface area contributed by atoms with Crippen LogP contribution in [0, 0.1) is 0 Å². The lowest BCUT2D eigenvalue weighted by molar-refractivity contribution is -0.128. The Labute approximate surface area is 142 Å². The maximum Gasteiger partial charge on any atom is 0.219 e. The molecule has 24 heavy (non-hydrogen) atoms. The van der Waals surface area contributed by atoms with E-state index in [4.69, 9.17) is 4.98 Å². The Morgan fingerprint density at radius 1 is 1.38 bits per heavy atom. The number of carbonyl (C=O) groups is 1. The molecule has 0 bridgehead atoms. The standard InChI is InChI=1S/C17H24N6O/c1-13(24)21(2)12-15-8-18-9-16(20-15)17-5-4-6-23(17)11-14-7-19-22(3)10-14/h7-10,17H,4-6,11-12H2,1-3H3. The molecular formula is C17H24N6O. The normalized spacial score (nSPS) is 18.0. The van der Waals surface area contributed by atoms with Gasteiger partial charge in [0, 0.05) is 39.3 Å². The number of aromatic nitrogens is 4. The van der Waals surface area contributed by atoms with Gasteiger partial charge in [-0.2, -0.15) is 5.10 Å². The van der Waals surface area contributed by atoms with Crippen molar-refractivity contribution in [2.45, 2.75) is 38.9 Å². The summed E-state index contributed by atoms with van der Waals surface area (Å²) in [6.07, 6.45) is 9.80. The van der Waals surface area contributed by atoms with E-state index >= 15 is 0 Å². The largest absolute Gasteiger partial charge is 0.340 e. The molecule has 128 valence electrons. The number of hydrogen-bond acceptors (Lipinski definition) is 5. The SMILES string of the molecule is CC(=O)N(C)Cc1cncc(C2CCCN2Cc2cnn(C)c2)n1. The van der Waals surface area contributed by atoms with Crippen molar-refractivity contribution >= 4 is 5.91 Å². The van der Waals surface area contributed by atoms with Crippen LogP contribution < -0.4 is 0 Å². The molecule has 1 amide bonds. The minimum absolute atomic E-state index is 0.0290. The van der Waals surface area contributed by atoms with E-state index in [-0.39, 0.29) is 11.9 Å². The summed E-state index contributed by atoms with van der Waals surface area (Å²) in [6.45, 7) is 3.98. The van der Waals surface area contributed by atoms with Crippen LogP contribution in [0.3, 0.4) is 0 Å². The first-order valence-electron chi connectivity index (χ1n) is 8.27. The molecule has 1 fully saturated rings. The second-order valence-electron chi connectivity index (χ2n) is 6.46. The van der Waals surface area contributed by atoms with Gasteiger partial charge in [-0.1, -0.05) is 0 Å². The fourth-order valence-corrected chi connectivity index (χ4v) is 3.15. The Morgan fingerprint density at radius 2 is 2.21 bits per heavy atom. The van der Waals surface area contributed by atoms with Crippen LogP contribution in [0.4, 0.5) is 0 Å². The van der Waals surface area contributed by atoms with Crippen LogP contribution in [0.1, 0.15) is 42.8 Å². The molecule has 2 aromatic heterocycles. The minimum Gasteiger partial charge on any atom is -0.340 e. The van der Waals surface area contributed by atoms with E-state index in [1.165, 1.54) is 5.56 Å². The molecule has 0 spiro atoms. The number of hydrogen-bond donors (Lipinski definition) is 0. The van der Waals surface area contributed by atoms with Gasteiger partial charge in [0.05, 0.1) is 42.6 Å². The summed E-state index contributed by atoms with van der Waals surface area (Å²) < 4.78 is 1.83. The molecule has 1 saturated heterocycles. The van der Waals surface area contributed by atoms with E-state index < -0.39 is 0 Å². The summed E-state index contributed by atoms with van der Waals surface area (Å²) in [5.41, 5.74) is 3.04. The molecule has 2 aromatic rings. The smallest absolute Gasteiger partial charge is 0.219 e. The lowest BCUT2D eigenvalue weighted by Gasteiger charge is -2.24. The lowest BCUT2D eigenvalue weighted by atomic mass is 10.1. The van der Waals surface area contributed by atoms with Gasteiger partial charge in [-0.05, 0) is 19.4 Å². The van der Waals surface area contributed by atoms with E-state index in [0.717, 1.165) is 37.3 Å². The molecule has 1 unspecified atom stereocenters. The van der Waals surface area contributed by atoms with E-state index in [2.05, 4.69) is 21.2 Å². The molecule has 3 rings (SSSR count). The summed E-state index contributed by atoms with van der Waals surface area (Å²) in [6, 6.07) is 0.278. The molecule has 1 atom stereocenters. The van der Waals surface area contributed by atoms with Crippen molar-refractivity contribution in [1.82, 2.24) is 29.5 Å². The van der Waals surface area contributed by atoms with Gasteiger partial charge in [0.15, 0.2) is 0 Å². The fourth-order valence-electron chi connectivity index (χ4n) is 3.15. The van der Waals surface area contributed by atoms with E-state index in [1.807, 2.05) is 24.1 Å². The van der Waals surface area contributed by atoms with Crippen molar-refractivity contribution in [1.29, 1.82) is 0 Å². The summed E-state index contributed by atoms with van der Waals surface area (Å²) in [5.74, 6) is 0.0290. The third kappa shape index (κ3) is 3.79. The van der Waals surface area contributed by atoms with Gasteiger partial charge < -0.3 is 4.90 Å². The molecule has 0 N–H and O–H groups in total. The number of likely N-dealkylation sites (tertiary alicyclic amines) is 1. The predicted octanol–water partition coefficient (Wildman–Crippen LogP) is 1.53. The zero-order valence-electron chi connectivity index (χ0n) is 14.5. The van der Waals surface area contributed by atoms with Crippen LogP contribution in [0.5, 0.6) is 0 Å². The average molecular weight is 328 g/mol. The van der Waals surface area contributed by atoms with Crippen molar-refractivity contribution in [3.63, 3.8) is 0 Å². The van der Waals surface area contributed by atoms with Crippen LogP contribution in [0.15, 0.2) is 24.8 Å². The van der Waals surface area contributed by atoms with E-state index in [1.54, 1.807) is 25.1 Å². The van der Waals surface area contributed by atoms with Gasteiger partial charge in [-0.15, -0.1) is 0 Å². The zero-order chi connectivity index (χ0) is 17.1. The van der Waals surface area contributed by atoms with Crippen molar-refractivity contribution in [2.24, 2.45) is 7.05 Å². The molecule has 0 aliphatic carbocycles. The van der Waals surface area contributed by atoms with Crippen LogP contribution >= 0.6 is 0 Å². The monoisotopic (exact) mass is 328 g/mol. The molecule has 1 aliphatic rings. The van der Waals surface area contributed by atoms with Crippen LogP contribution in [-0.4, -0.2) is 49.0 Å². The molecule has 7 heteroatoms. The van der Waals surface area contributed by atoms with Crippen molar-refractivity contribution in [2.75, 3.05) is 13.6 Å². The number of carbonyl (C=O) groups excluding carboxylic acids is 1. The van der Waals surface area contributed by atoms with Gasteiger partial charge in [0.1, 0.15) is 0 Å². The maximum absolute atomic E-state index is 11.4. The Balaban J connectivity index is 1.73. The van der Waals surface area contributed by atoms with Crippen LogP contribution in [0.2, 0.25) is 0 Å². The number of amides is 1. The second kappa shape index (κ2) is 7.09. The van der Waals surface area contributed by atoms with E-state index in [0.29, 0.717) is 6.54 Å². The third-order valence-electron chi connectivity index (χ3n) is 4.49. The third-order valence-corrected chi connectivity index (χ3v) is 4.49. The summed E-state index contributed by atoms with van der Waals surface area (Å²) in [7, 11) is 3.71. The maximum atomic E-state index is 11.4. The number of nitrogens with zero attached hydrogens (tertiary/aromatic N) is 6. The first kappa shape index (κ1) is 16.6. The highest BCUT2D eigenvalue weighted by molar-refractivity contribution is 5.72. The molecule has 1 aliphatic heterocycles. The van der Waals surface area contributed by atoms with Crippen molar-refractivity contribution in [3.8, 4) is 0 Å². The Hall–Kier alpha value is -2.28. The predicted molar refractivity (Wildman–Crippen MR) is 89.8 cm³/mol. The van der Waals surface area contributed by atoms with E-state index in [9.17, 15) is 4.79 Å². The topological polar surface area (TPSA) is 67.2 Å². The molecule has 0 saturated carbocycles. The Bertz CT molecular complexity index is 713. The Morgan fingerprint density at radius 3 is 2.92 bits per heavy atom. The zero-order valence-corrected chi connectivity index (χ0v) is 14.5. The number of rotatable bonds is 5. The van der Waals surface area contributed by atoms with Gasteiger partial charge in [0.2, 0.25) is 5.91 Å². The van der Waals surface area contributed by atoms with Crippen LogP contribution in [0.25, 0.3) is 0 Å². The quantitative estimate of drug-likeness (QED) is 0.832. The summed E-state index contributed by atoms with van der Waals surface area (Å²) >= 11 is 0.